The molecule has 0 spiro atoms. The highest BCUT2D eigenvalue weighted by Crippen LogP contribution is 2.19. The second-order valence-electron chi connectivity index (χ2n) is 8.89. The van der Waals surface area contributed by atoms with Crippen LogP contribution >= 0.6 is 24.0 Å². The van der Waals surface area contributed by atoms with E-state index in [0.717, 1.165) is 38.7 Å². The van der Waals surface area contributed by atoms with Gasteiger partial charge in [-0.3, -0.25) is 14.6 Å². The molecule has 0 aromatic heterocycles. The standard InChI is InChI=1S/C24H40N6O.HI/c1-4-29-14-8-12-21(29)16-25-24(27-18-23(31)28(2)3)26-17-22-13-9-15-30(22)19-20-10-6-5-7-11-20;/h5-7,10-11,21-22H,4,8-9,12-19H2,1-3H3,(H2,25,26,27);1H. The van der Waals surface area contributed by atoms with Crippen molar-refractivity contribution in [1.29, 1.82) is 0 Å². The van der Waals surface area contributed by atoms with Gasteiger partial charge in [-0.2, -0.15) is 0 Å². The number of likely N-dealkylation sites (tertiary alicyclic amines) is 2. The summed E-state index contributed by atoms with van der Waals surface area (Å²) in [5, 5.41) is 7.05. The monoisotopic (exact) mass is 556 g/mol. The maximum Gasteiger partial charge on any atom is 0.243 e. The summed E-state index contributed by atoms with van der Waals surface area (Å²) in [6.45, 7) is 8.49. The third-order valence-corrected chi connectivity index (χ3v) is 6.51. The normalized spacial score (nSPS) is 21.9. The van der Waals surface area contributed by atoms with Crippen LogP contribution in [0, 0.1) is 0 Å². The number of likely N-dealkylation sites (N-methyl/N-ethyl adjacent to an activating group) is 2. The molecule has 1 aromatic rings. The number of guanidine groups is 1. The van der Waals surface area contributed by atoms with E-state index in [1.54, 1.807) is 19.0 Å². The molecule has 0 radical (unpaired) electrons. The molecule has 180 valence electrons. The summed E-state index contributed by atoms with van der Waals surface area (Å²) in [4.78, 5) is 23.3. The minimum absolute atomic E-state index is 0. The van der Waals surface area contributed by atoms with Crippen molar-refractivity contribution in [2.75, 3.05) is 53.4 Å². The molecule has 1 aromatic carbocycles. The first-order chi connectivity index (χ1) is 15.1. The van der Waals surface area contributed by atoms with Crippen LogP contribution in [0.4, 0.5) is 0 Å². The fourth-order valence-corrected chi connectivity index (χ4v) is 4.59. The zero-order valence-electron chi connectivity index (χ0n) is 19.9. The van der Waals surface area contributed by atoms with Crippen molar-refractivity contribution in [3.05, 3.63) is 35.9 Å². The predicted molar refractivity (Wildman–Crippen MR) is 143 cm³/mol. The summed E-state index contributed by atoms with van der Waals surface area (Å²) < 4.78 is 0. The van der Waals surface area contributed by atoms with Gasteiger partial charge in [0.15, 0.2) is 5.96 Å². The number of benzene rings is 1. The lowest BCUT2D eigenvalue weighted by Crippen LogP contribution is -2.48. The Balaban J connectivity index is 0.00000363. The Bertz CT molecular complexity index is 714. The Morgan fingerprint density at radius 2 is 1.62 bits per heavy atom. The second-order valence-corrected chi connectivity index (χ2v) is 8.89. The molecule has 8 heteroatoms. The van der Waals surface area contributed by atoms with Gasteiger partial charge in [0.05, 0.1) is 0 Å². The second kappa shape index (κ2) is 14.0. The molecule has 2 heterocycles. The van der Waals surface area contributed by atoms with E-state index in [9.17, 15) is 4.79 Å². The summed E-state index contributed by atoms with van der Waals surface area (Å²) in [5.74, 6) is 0.772. The average molecular weight is 557 g/mol. The number of rotatable bonds is 9. The topological polar surface area (TPSA) is 63.2 Å². The van der Waals surface area contributed by atoms with Crippen LogP contribution in [-0.2, 0) is 11.3 Å². The van der Waals surface area contributed by atoms with Crippen molar-refractivity contribution in [1.82, 2.24) is 25.3 Å². The number of carbonyl (C=O) groups excluding carboxylic acids is 1. The third-order valence-electron chi connectivity index (χ3n) is 6.51. The van der Waals surface area contributed by atoms with E-state index in [-0.39, 0.29) is 36.4 Å². The quantitative estimate of drug-likeness (QED) is 0.278. The number of aliphatic imine (C=N–C) groups is 1. The van der Waals surface area contributed by atoms with Crippen LogP contribution in [0.2, 0.25) is 0 Å². The third kappa shape index (κ3) is 8.19. The minimum atomic E-state index is 0. The number of hydrogen-bond donors (Lipinski definition) is 2. The van der Waals surface area contributed by atoms with Gasteiger partial charge in [0, 0.05) is 45.8 Å². The first-order valence-electron chi connectivity index (χ1n) is 11.8. The molecule has 2 saturated heterocycles. The van der Waals surface area contributed by atoms with Gasteiger partial charge in [0.25, 0.3) is 0 Å². The summed E-state index contributed by atoms with van der Waals surface area (Å²) in [6, 6.07) is 11.7. The minimum Gasteiger partial charge on any atom is -0.355 e. The summed E-state index contributed by atoms with van der Waals surface area (Å²) >= 11 is 0. The van der Waals surface area contributed by atoms with E-state index in [1.165, 1.54) is 37.8 Å². The van der Waals surface area contributed by atoms with E-state index < -0.39 is 0 Å². The molecule has 0 saturated carbocycles. The zero-order valence-corrected chi connectivity index (χ0v) is 22.3. The van der Waals surface area contributed by atoms with Crippen molar-refractivity contribution < 1.29 is 4.79 Å². The summed E-state index contributed by atoms with van der Waals surface area (Å²) in [6.07, 6.45) is 4.90. The maximum absolute atomic E-state index is 12.1. The predicted octanol–water partition coefficient (Wildman–Crippen LogP) is 2.38. The van der Waals surface area contributed by atoms with Crippen molar-refractivity contribution in [3.8, 4) is 0 Å². The Labute approximate surface area is 211 Å². The van der Waals surface area contributed by atoms with E-state index in [1.807, 2.05) is 0 Å². The van der Waals surface area contributed by atoms with Crippen LogP contribution in [-0.4, -0.2) is 92.0 Å². The van der Waals surface area contributed by atoms with Gasteiger partial charge >= 0.3 is 0 Å². The summed E-state index contributed by atoms with van der Waals surface area (Å²) in [7, 11) is 3.55. The number of nitrogens with one attached hydrogen (secondary N) is 2. The van der Waals surface area contributed by atoms with Crippen molar-refractivity contribution in [3.63, 3.8) is 0 Å². The van der Waals surface area contributed by atoms with Crippen LogP contribution < -0.4 is 10.6 Å². The lowest BCUT2D eigenvalue weighted by Gasteiger charge is -2.27. The fourth-order valence-electron chi connectivity index (χ4n) is 4.59. The first-order valence-corrected chi connectivity index (χ1v) is 11.8. The smallest absolute Gasteiger partial charge is 0.243 e. The fraction of sp³-hybridized carbons (Fsp3) is 0.667. The number of hydrogen-bond acceptors (Lipinski definition) is 4. The number of amides is 1. The van der Waals surface area contributed by atoms with Crippen LogP contribution in [0.1, 0.15) is 38.2 Å². The lowest BCUT2D eigenvalue weighted by molar-refractivity contribution is -0.127. The molecule has 7 nitrogen and oxygen atoms in total. The zero-order chi connectivity index (χ0) is 22.1. The number of halogens is 1. The van der Waals surface area contributed by atoms with Crippen LogP contribution in [0.3, 0.4) is 0 Å². The van der Waals surface area contributed by atoms with E-state index in [4.69, 9.17) is 0 Å². The lowest BCUT2D eigenvalue weighted by atomic mass is 10.2. The Morgan fingerprint density at radius 1 is 1.03 bits per heavy atom. The van der Waals surface area contributed by atoms with Gasteiger partial charge in [-0.1, -0.05) is 37.3 Å². The molecule has 0 bridgehead atoms. The SMILES string of the molecule is CCN1CCCC1CNC(=NCC(=O)N(C)C)NCC1CCCN1Cc1ccccc1.I. The highest BCUT2D eigenvalue weighted by atomic mass is 127. The Hall–Kier alpha value is -1.39. The molecule has 0 aliphatic carbocycles. The summed E-state index contributed by atoms with van der Waals surface area (Å²) in [5.41, 5.74) is 1.36. The van der Waals surface area contributed by atoms with Crippen LogP contribution in [0.15, 0.2) is 35.3 Å². The van der Waals surface area contributed by atoms with E-state index in [2.05, 4.69) is 62.7 Å². The van der Waals surface area contributed by atoms with Gasteiger partial charge < -0.3 is 15.5 Å². The molecular formula is C24H41IN6O. The number of nitrogens with zero attached hydrogens (tertiary/aromatic N) is 4. The molecule has 2 aliphatic rings. The molecule has 2 N–H and O–H groups in total. The van der Waals surface area contributed by atoms with Gasteiger partial charge in [-0.25, -0.2) is 4.99 Å². The average Bonchev–Trinajstić information content (AvgIpc) is 3.42. The highest BCUT2D eigenvalue weighted by molar-refractivity contribution is 14.0. The largest absolute Gasteiger partial charge is 0.355 e. The Morgan fingerprint density at radius 3 is 2.22 bits per heavy atom. The Kier molecular flexibility index (Phi) is 11.7. The van der Waals surface area contributed by atoms with Gasteiger partial charge in [-0.05, 0) is 50.9 Å². The molecule has 2 fully saturated rings. The van der Waals surface area contributed by atoms with E-state index in [0.29, 0.717) is 12.1 Å². The van der Waals surface area contributed by atoms with Crippen molar-refractivity contribution in [2.24, 2.45) is 4.99 Å². The van der Waals surface area contributed by atoms with Crippen LogP contribution in [0.5, 0.6) is 0 Å². The molecule has 2 unspecified atom stereocenters. The highest BCUT2D eigenvalue weighted by Gasteiger charge is 2.26. The van der Waals surface area contributed by atoms with Crippen molar-refractivity contribution >= 4 is 35.8 Å². The first kappa shape index (κ1) is 26.9. The molecule has 32 heavy (non-hydrogen) atoms. The van der Waals surface area contributed by atoms with Gasteiger partial charge in [0.2, 0.25) is 5.91 Å². The maximum atomic E-state index is 12.1. The molecule has 2 aliphatic heterocycles. The molecule has 2 atom stereocenters. The molecule has 3 rings (SSSR count). The van der Waals surface area contributed by atoms with Gasteiger partial charge in [-0.15, -0.1) is 24.0 Å². The van der Waals surface area contributed by atoms with Crippen LogP contribution in [0.25, 0.3) is 0 Å². The van der Waals surface area contributed by atoms with Crippen molar-refractivity contribution in [2.45, 2.75) is 51.2 Å². The molecule has 1 amide bonds. The van der Waals surface area contributed by atoms with Gasteiger partial charge in [0.1, 0.15) is 6.54 Å². The van der Waals surface area contributed by atoms with E-state index >= 15 is 0 Å². The number of carbonyl (C=O) groups is 1. The molecular weight excluding hydrogens is 515 g/mol.